The first kappa shape index (κ1) is 17.4. The van der Waals surface area contributed by atoms with Crippen molar-refractivity contribution in [3.63, 3.8) is 0 Å². The maximum absolute atomic E-state index is 5.38. The highest BCUT2D eigenvalue weighted by Crippen LogP contribution is 2.23. The molecule has 0 aliphatic heterocycles. The summed E-state index contributed by atoms with van der Waals surface area (Å²) in [7, 11) is 0. The first-order valence-corrected chi connectivity index (χ1v) is 8.28. The van der Waals surface area contributed by atoms with Gasteiger partial charge in [0.05, 0.1) is 6.04 Å². The van der Waals surface area contributed by atoms with Gasteiger partial charge in [-0.1, -0.05) is 51.1 Å². The monoisotopic (exact) mass is 327 g/mol. The smallest absolute Gasteiger partial charge is 0.172 e. The number of rotatable bonds is 3. The van der Waals surface area contributed by atoms with E-state index in [1.54, 1.807) is 0 Å². The predicted molar refractivity (Wildman–Crippen MR) is 102 cm³/mol. The normalized spacial score (nSPS) is 12.6. The number of anilines is 1. The van der Waals surface area contributed by atoms with Crippen LogP contribution in [-0.2, 0) is 5.41 Å². The molecule has 0 bridgehead atoms. The Bertz CT molecular complexity index is 672. The summed E-state index contributed by atoms with van der Waals surface area (Å²) in [6, 6.07) is 14.6. The lowest BCUT2D eigenvalue weighted by atomic mass is 9.86. The molecule has 1 aromatic heterocycles. The first-order chi connectivity index (χ1) is 10.8. The summed E-state index contributed by atoms with van der Waals surface area (Å²) in [5.74, 6) is 0.762. The zero-order valence-electron chi connectivity index (χ0n) is 14.5. The lowest BCUT2D eigenvalue weighted by Crippen LogP contribution is -2.31. The standard InChI is InChI=1S/C19H25N3S/c1-13-7-6-8-17(20-13)22-18(23)21-14(2)15-9-11-16(12-10-15)19(3,4)5/h6-12,14H,1-5H3,(H2,20,21,22,23)/t14-/m0/s1. The maximum atomic E-state index is 5.38. The number of aromatic nitrogens is 1. The number of hydrogen-bond donors (Lipinski definition) is 2. The maximum Gasteiger partial charge on any atom is 0.172 e. The highest BCUT2D eigenvalue weighted by atomic mass is 32.1. The van der Waals surface area contributed by atoms with Crippen LogP contribution in [0.25, 0.3) is 0 Å². The topological polar surface area (TPSA) is 37.0 Å². The fourth-order valence-electron chi connectivity index (χ4n) is 2.32. The van der Waals surface area contributed by atoms with Crippen LogP contribution in [0.3, 0.4) is 0 Å². The molecule has 4 heteroatoms. The van der Waals surface area contributed by atoms with Gasteiger partial charge in [0, 0.05) is 5.69 Å². The molecule has 0 saturated carbocycles. The Morgan fingerprint density at radius 1 is 1.09 bits per heavy atom. The largest absolute Gasteiger partial charge is 0.356 e. The van der Waals surface area contributed by atoms with Gasteiger partial charge in [-0.25, -0.2) is 4.98 Å². The predicted octanol–water partition coefficient (Wildman–Crippen LogP) is 4.74. The average molecular weight is 327 g/mol. The Hall–Kier alpha value is -1.94. The fraction of sp³-hybridized carbons (Fsp3) is 0.368. The van der Waals surface area contributed by atoms with E-state index in [1.807, 2.05) is 25.1 Å². The third-order valence-corrected chi connectivity index (χ3v) is 3.97. The molecule has 2 aromatic rings. The summed E-state index contributed by atoms with van der Waals surface area (Å²) in [5, 5.41) is 7.01. The van der Waals surface area contributed by atoms with Crippen LogP contribution >= 0.6 is 12.2 Å². The van der Waals surface area contributed by atoms with Crippen molar-refractivity contribution >= 4 is 23.1 Å². The molecular formula is C19H25N3S. The Balaban J connectivity index is 1.98. The molecule has 23 heavy (non-hydrogen) atoms. The van der Waals surface area contributed by atoms with Crippen LogP contribution in [0.15, 0.2) is 42.5 Å². The van der Waals surface area contributed by atoms with Gasteiger partial charge in [0.15, 0.2) is 5.11 Å². The van der Waals surface area contributed by atoms with Gasteiger partial charge in [0.2, 0.25) is 0 Å². The fourth-order valence-corrected chi connectivity index (χ4v) is 2.60. The van der Waals surface area contributed by atoms with Crippen molar-refractivity contribution in [1.29, 1.82) is 0 Å². The Labute approximate surface area is 144 Å². The average Bonchev–Trinajstić information content (AvgIpc) is 2.46. The summed E-state index contributed by atoms with van der Waals surface area (Å²) >= 11 is 5.38. The van der Waals surface area contributed by atoms with Crippen molar-refractivity contribution in [3.05, 3.63) is 59.3 Å². The zero-order chi connectivity index (χ0) is 17.0. The van der Waals surface area contributed by atoms with Crippen molar-refractivity contribution in [2.45, 2.75) is 46.1 Å². The molecule has 0 radical (unpaired) electrons. The summed E-state index contributed by atoms with van der Waals surface area (Å²) < 4.78 is 0. The molecule has 1 atom stereocenters. The minimum Gasteiger partial charge on any atom is -0.356 e. The molecule has 0 amide bonds. The van der Waals surface area contributed by atoms with Crippen LogP contribution in [0.4, 0.5) is 5.82 Å². The van der Waals surface area contributed by atoms with Gasteiger partial charge in [0.25, 0.3) is 0 Å². The number of pyridine rings is 1. The summed E-state index contributed by atoms with van der Waals surface area (Å²) in [5.41, 5.74) is 3.67. The minimum atomic E-state index is 0.133. The van der Waals surface area contributed by atoms with Gasteiger partial charge in [0.1, 0.15) is 5.82 Å². The van der Waals surface area contributed by atoms with Crippen molar-refractivity contribution in [3.8, 4) is 0 Å². The highest BCUT2D eigenvalue weighted by Gasteiger charge is 2.14. The summed E-state index contributed by atoms with van der Waals surface area (Å²) in [6.07, 6.45) is 0. The quantitative estimate of drug-likeness (QED) is 0.799. The van der Waals surface area contributed by atoms with Crippen molar-refractivity contribution in [2.24, 2.45) is 0 Å². The molecule has 0 aliphatic carbocycles. The van der Waals surface area contributed by atoms with Crippen molar-refractivity contribution < 1.29 is 0 Å². The molecule has 0 fully saturated rings. The third kappa shape index (κ3) is 5.03. The van der Waals surface area contributed by atoms with Crippen molar-refractivity contribution in [2.75, 3.05) is 5.32 Å². The van der Waals surface area contributed by atoms with E-state index >= 15 is 0 Å². The van der Waals surface area contributed by atoms with Crippen LogP contribution in [0.2, 0.25) is 0 Å². The lowest BCUT2D eigenvalue weighted by molar-refractivity contribution is 0.589. The lowest BCUT2D eigenvalue weighted by Gasteiger charge is -2.21. The van der Waals surface area contributed by atoms with Gasteiger partial charge in [-0.2, -0.15) is 0 Å². The van der Waals surface area contributed by atoms with E-state index in [4.69, 9.17) is 12.2 Å². The molecule has 2 N–H and O–H groups in total. The molecule has 1 aromatic carbocycles. The van der Waals surface area contributed by atoms with Crippen LogP contribution in [0.1, 0.15) is 50.6 Å². The minimum absolute atomic E-state index is 0.133. The van der Waals surface area contributed by atoms with Crippen LogP contribution in [0.5, 0.6) is 0 Å². The third-order valence-electron chi connectivity index (χ3n) is 3.75. The second-order valence-corrected chi connectivity index (χ2v) is 7.26. The number of nitrogens with one attached hydrogen (secondary N) is 2. The molecular weight excluding hydrogens is 302 g/mol. The number of benzene rings is 1. The Morgan fingerprint density at radius 3 is 2.30 bits per heavy atom. The number of aryl methyl sites for hydroxylation is 1. The number of hydrogen-bond acceptors (Lipinski definition) is 2. The molecule has 0 spiro atoms. The molecule has 0 saturated heterocycles. The van der Waals surface area contributed by atoms with Crippen LogP contribution in [0, 0.1) is 6.92 Å². The summed E-state index contributed by atoms with van der Waals surface area (Å²) in [6.45, 7) is 10.7. The second-order valence-electron chi connectivity index (χ2n) is 6.86. The first-order valence-electron chi connectivity index (χ1n) is 7.87. The Kier molecular flexibility index (Phi) is 5.37. The summed E-state index contributed by atoms with van der Waals surface area (Å²) in [4.78, 5) is 4.39. The van der Waals surface area contributed by atoms with Crippen molar-refractivity contribution in [1.82, 2.24) is 10.3 Å². The molecule has 0 unspecified atom stereocenters. The number of nitrogens with zero attached hydrogens (tertiary/aromatic N) is 1. The molecule has 1 heterocycles. The highest BCUT2D eigenvalue weighted by molar-refractivity contribution is 7.80. The van der Waals surface area contributed by atoms with E-state index in [1.165, 1.54) is 11.1 Å². The SMILES string of the molecule is Cc1cccc(NC(=S)N[C@@H](C)c2ccc(C(C)(C)C)cc2)n1. The van der Waals surface area contributed by atoms with Gasteiger partial charge in [-0.15, -0.1) is 0 Å². The van der Waals surface area contributed by atoms with E-state index in [2.05, 4.69) is 67.6 Å². The number of thiocarbonyl (C=S) groups is 1. The van der Waals surface area contributed by atoms with Gasteiger partial charge < -0.3 is 10.6 Å². The van der Waals surface area contributed by atoms with Gasteiger partial charge >= 0.3 is 0 Å². The molecule has 3 nitrogen and oxygen atoms in total. The molecule has 122 valence electrons. The van der Waals surface area contributed by atoms with Gasteiger partial charge in [-0.05, 0) is 54.7 Å². The van der Waals surface area contributed by atoms with E-state index in [-0.39, 0.29) is 11.5 Å². The van der Waals surface area contributed by atoms with Gasteiger partial charge in [-0.3, -0.25) is 0 Å². The van der Waals surface area contributed by atoms with E-state index < -0.39 is 0 Å². The second kappa shape index (κ2) is 7.09. The van der Waals surface area contributed by atoms with E-state index in [0.29, 0.717) is 5.11 Å². The van der Waals surface area contributed by atoms with E-state index in [0.717, 1.165) is 11.5 Å². The molecule has 0 aliphatic rings. The van der Waals surface area contributed by atoms with E-state index in [9.17, 15) is 0 Å². The zero-order valence-corrected chi connectivity index (χ0v) is 15.3. The van der Waals surface area contributed by atoms with Crippen LogP contribution in [-0.4, -0.2) is 10.1 Å². The molecule has 2 rings (SSSR count). The van der Waals surface area contributed by atoms with Crippen LogP contribution < -0.4 is 10.6 Å². The Morgan fingerprint density at radius 2 is 1.74 bits per heavy atom.